The van der Waals surface area contributed by atoms with Crippen LogP contribution in [0.5, 0.6) is 0 Å². The summed E-state index contributed by atoms with van der Waals surface area (Å²) in [5, 5.41) is 10.0. The van der Waals surface area contributed by atoms with Crippen LogP contribution in [-0.4, -0.2) is 72.0 Å². The average Bonchev–Trinajstić information content (AvgIpc) is 2.93. The van der Waals surface area contributed by atoms with Gasteiger partial charge in [-0.1, -0.05) is 13.0 Å². The van der Waals surface area contributed by atoms with E-state index in [4.69, 9.17) is 12.5 Å². The minimum atomic E-state index is -0.766. The van der Waals surface area contributed by atoms with Gasteiger partial charge in [-0.2, -0.15) is 0 Å². The first kappa shape index (κ1) is 21.9. The number of β-lactam (4-membered cyclic amide) rings is 1. The van der Waals surface area contributed by atoms with Crippen LogP contribution in [0, 0.1) is 11.8 Å². The molecular formula is C19H26BN4O4P. The molecule has 0 bridgehead atoms. The third-order valence-electron chi connectivity index (χ3n) is 5.63. The van der Waals surface area contributed by atoms with E-state index in [1.807, 2.05) is 32.2 Å². The fraction of sp³-hybridized carbons (Fsp3) is 0.526. The van der Waals surface area contributed by atoms with Crippen molar-refractivity contribution in [3.05, 3.63) is 41.4 Å². The molecule has 2 N–H and O–H groups in total. The number of nitrogens with zero attached hydrogens (tertiary/aromatic N) is 3. The lowest BCUT2D eigenvalue weighted by Gasteiger charge is -2.46. The number of aromatic nitrogens is 1. The topological polar surface area (TPSA) is 95.0 Å². The first-order chi connectivity index (χ1) is 13.9. The van der Waals surface area contributed by atoms with Gasteiger partial charge in [-0.25, -0.2) is 4.79 Å². The molecular weight excluding hydrogens is 390 g/mol. The summed E-state index contributed by atoms with van der Waals surface area (Å²) in [4.78, 5) is 35.5. The predicted octanol–water partition coefficient (Wildman–Crippen LogP) is 0.392. The third kappa shape index (κ3) is 4.38. The van der Waals surface area contributed by atoms with Crippen molar-refractivity contribution < 1.29 is 19.2 Å². The molecule has 3 heterocycles. The van der Waals surface area contributed by atoms with Gasteiger partial charge in [0.2, 0.25) is 5.91 Å². The fourth-order valence-corrected chi connectivity index (χ4v) is 4.44. The summed E-state index contributed by atoms with van der Waals surface area (Å²) < 4.78 is 5.17. The lowest BCUT2D eigenvalue weighted by molar-refractivity contribution is -0.162. The summed E-state index contributed by atoms with van der Waals surface area (Å²) in [7, 11) is 6.79. The van der Waals surface area contributed by atoms with Gasteiger partial charge < -0.3 is 24.4 Å². The quantitative estimate of drug-likeness (QED) is 0.342. The van der Waals surface area contributed by atoms with Crippen LogP contribution < -0.4 is 5.00 Å². The zero-order valence-corrected chi connectivity index (χ0v) is 17.8. The first-order valence-corrected chi connectivity index (χ1v) is 10.5. The zero-order valence-electron chi connectivity index (χ0n) is 16.8. The highest BCUT2D eigenvalue weighted by Crippen LogP contribution is 2.47. The molecule has 0 aromatic carbocycles. The Morgan fingerprint density at radius 2 is 2.28 bits per heavy atom. The van der Waals surface area contributed by atoms with Gasteiger partial charge in [0.15, 0.2) is 7.98 Å². The summed E-state index contributed by atoms with van der Waals surface area (Å²) >= 11 is 0. The Morgan fingerprint density at radius 1 is 1.52 bits per heavy atom. The van der Waals surface area contributed by atoms with Crippen LogP contribution in [0.1, 0.15) is 19.5 Å². The fourth-order valence-electron chi connectivity index (χ4n) is 4.19. The average molecular weight is 416 g/mol. The number of fused-ring (bicyclic) bond motifs is 1. The molecule has 3 rings (SSSR count). The van der Waals surface area contributed by atoms with Gasteiger partial charge in [-0.3, -0.25) is 9.78 Å². The highest BCUT2D eigenvalue weighted by atomic mass is 31.1. The van der Waals surface area contributed by atoms with Crippen LogP contribution in [0.2, 0.25) is 0 Å². The zero-order chi connectivity index (χ0) is 21.1. The van der Waals surface area contributed by atoms with Crippen molar-refractivity contribution in [2.45, 2.75) is 32.4 Å². The number of hydrogen-bond acceptors (Lipinski definition) is 7. The predicted molar refractivity (Wildman–Crippen MR) is 111 cm³/mol. The number of carbonyl (C=O) groups is 2. The van der Waals surface area contributed by atoms with E-state index in [0.29, 0.717) is 6.54 Å². The largest absolute Gasteiger partial charge is 0.428 e. The van der Waals surface area contributed by atoms with Crippen LogP contribution in [-0.2, 0) is 20.5 Å². The highest BCUT2D eigenvalue weighted by Gasteiger charge is 2.59. The summed E-state index contributed by atoms with van der Waals surface area (Å²) in [5.74, 6) is -1.36. The monoisotopic (exact) mass is 416 g/mol. The summed E-state index contributed by atoms with van der Waals surface area (Å²) in [6, 6.07) is 5.59. The second-order valence-corrected chi connectivity index (χ2v) is 8.27. The van der Waals surface area contributed by atoms with Gasteiger partial charge in [0.1, 0.15) is 14.7 Å². The molecule has 8 nitrogen and oxygen atoms in total. The number of amides is 1. The van der Waals surface area contributed by atoms with Gasteiger partial charge in [0.05, 0.1) is 18.1 Å². The molecule has 1 fully saturated rings. The van der Waals surface area contributed by atoms with E-state index in [0.717, 1.165) is 24.2 Å². The minimum absolute atomic E-state index is 0.0543. The van der Waals surface area contributed by atoms with Crippen molar-refractivity contribution in [2.75, 3.05) is 20.1 Å². The van der Waals surface area contributed by atoms with Gasteiger partial charge in [0.25, 0.3) is 0 Å². The Balaban J connectivity index is 1.77. The standard InChI is InChI=1S/C19H26BN4O4P/c1-11-14(10-23(3)9-7-13-6-4-5-8-21-13)17(19(27)28-29-22-20)24-16(11)15(12(2)25)18(24)26/h4-6,8,11-12,15-16,22,25,29H,7,9-10H2,1-3H3/t11-,12+,15+,16+/m0/s1. The summed E-state index contributed by atoms with van der Waals surface area (Å²) in [5.41, 5.74) is 2.13. The Labute approximate surface area is 174 Å². The maximum Gasteiger partial charge on any atom is 0.358 e. The van der Waals surface area contributed by atoms with Crippen molar-refractivity contribution in [1.29, 1.82) is 0 Å². The number of carbonyl (C=O) groups excluding carboxylic acids is 2. The van der Waals surface area contributed by atoms with Crippen LogP contribution >= 0.6 is 8.96 Å². The van der Waals surface area contributed by atoms with Crippen LogP contribution in [0.25, 0.3) is 0 Å². The minimum Gasteiger partial charge on any atom is -0.428 e. The Hall–Kier alpha value is -1.80. The lowest BCUT2D eigenvalue weighted by Crippen LogP contribution is -2.63. The maximum atomic E-state index is 12.7. The molecule has 0 spiro atoms. The van der Waals surface area contributed by atoms with E-state index in [2.05, 4.69) is 14.9 Å². The number of nitrogens with one attached hydrogen (secondary N) is 1. The van der Waals surface area contributed by atoms with E-state index >= 15 is 0 Å². The van der Waals surface area contributed by atoms with Crippen LogP contribution in [0.15, 0.2) is 35.7 Å². The molecule has 1 unspecified atom stereocenters. The molecule has 0 saturated carbocycles. The normalized spacial score (nSPS) is 24.9. The van der Waals surface area contributed by atoms with Crippen LogP contribution in [0.3, 0.4) is 0 Å². The Kier molecular flexibility index (Phi) is 7.06. The van der Waals surface area contributed by atoms with E-state index in [1.165, 1.54) is 4.90 Å². The lowest BCUT2D eigenvalue weighted by atomic mass is 9.77. The number of likely N-dealkylation sites (N-methyl/N-ethyl adjacent to an activating group) is 1. The van der Waals surface area contributed by atoms with Crippen molar-refractivity contribution in [3.63, 3.8) is 0 Å². The van der Waals surface area contributed by atoms with E-state index in [-0.39, 0.29) is 23.6 Å². The van der Waals surface area contributed by atoms with Crippen molar-refractivity contribution in [2.24, 2.45) is 11.8 Å². The van der Waals surface area contributed by atoms with Crippen molar-refractivity contribution >= 4 is 28.8 Å². The number of aliphatic hydroxyl groups is 1. The highest BCUT2D eigenvalue weighted by molar-refractivity contribution is 7.32. The number of aliphatic hydroxyl groups excluding tert-OH is 1. The molecule has 2 aliphatic heterocycles. The molecule has 2 aliphatic rings. The molecule has 154 valence electrons. The van der Waals surface area contributed by atoms with Gasteiger partial charge in [-0.05, 0) is 31.7 Å². The Morgan fingerprint density at radius 3 is 2.90 bits per heavy atom. The summed E-state index contributed by atoms with van der Waals surface area (Å²) in [6.07, 6.45) is 1.78. The molecule has 1 saturated heterocycles. The summed E-state index contributed by atoms with van der Waals surface area (Å²) in [6.45, 7) is 4.87. The second kappa shape index (κ2) is 9.35. The van der Waals surface area contributed by atoms with Gasteiger partial charge >= 0.3 is 5.97 Å². The van der Waals surface area contributed by atoms with Gasteiger partial charge in [0, 0.05) is 37.3 Å². The molecule has 0 aliphatic carbocycles. The molecule has 1 amide bonds. The third-order valence-corrected chi connectivity index (χ3v) is 6.03. The molecule has 2 radical (unpaired) electrons. The SMILES string of the molecule is [B]NPOC(=O)C1=C(CN(C)CCc2ccccn2)[C@H](C)[C@@H]2[C@@H]([C@@H](C)O)C(=O)N12. The first-order valence-electron chi connectivity index (χ1n) is 9.61. The molecule has 1 aromatic rings. The number of hydrogen-bond donors (Lipinski definition) is 2. The van der Waals surface area contributed by atoms with Crippen molar-refractivity contribution in [3.8, 4) is 0 Å². The molecule has 29 heavy (non-hydrogen) atoms. The number of rotatable bonds is 9. The maximum absolute atomic E-state index is 12.7. The van der Waals surface area contributed by atoms with Crippen molar-refractivity contribution in [1.82, 2.24) is 19.8 Å². The smallest absolute Gasteiger partial charge is 0.358 e. The molecule has 1 aromatic heterocycles. The molecule has 5 atom stereocenters. The van der Waals surface area contributed by atoms with Gasteiger partial charge in [-0.15, -0.1) is 0 Å². The van der Waals surface area contributed by atoms with E-state index in [9.17, 15) is 14.7 Å². The second-order valence-electron chi connectivity index (χ2n) is 7.57. The Bertz CT molecular complexity index is 792. The van der Waals surface area contributed by atoms with E-state index in [1.54, 1.807) is 13.1 Å². The number of pyridine rings is 1. The molecule has 10 heteroatoms. The van der Waals surface area contributed by atoms with Crippen LogP contribution in [0.4, 0.5) is 0 Å². The van der Waals surface area contributed by atoms with E-state index < -0.39 is 26.9 Å².